The van der Waals surface area contributed by atoms with Gasteiger partial charge in [-0.05, 0) is 19.4 Å². The van der Waals surface area contributed by atoms with Crippen molar-refractivity contribution in [2.75, 3.05) is 26.4 Å². The topological polar surface area (TPSA) is 101 Å². The molecule has 0 radical (unpaired) electrons. The number of hydrogen-bond donors (Lipinski definition) is 3. The molecule has 1 atom stereocenters. The fourth-order valence-electron chi connectivity index (χ4n) is 2.25. The van der Waals surface area contributed by atoms with E-state index in [0.29, 0.717) is 43.2 Å². The Bertz CT molecular complexity index is 517. The molecule has 7 nitrogen and oxygen atoms in total. The van der Waals surface area contributed by atoms with Gasteiger partial charge in [0.25, 0.3) is 5.91 Å². The van der Waals surface area contributed by atoms with Gasteiger partial charge in [-0.25, -0.2) is 4.79 Å². The first-order valence-corrected chi connectivity index (χ1v) is 6.40. The highest BCUT2D eigenvalue weighted by atomic mass is 16.6. The third-order valence-electron chi connectivity index (χ3n) is 3.25. The van der Waals surface area contributed by atoms with E-state index in [4.69, 9.17) is 14.6 Å². The predicted octanol–water partition coefficient (Wildman–Crippen LogP) is 0.475. The third kappa shape index (κ3) is 3.00. The monoisotopic (exact) mass is 282 g/mol. The average Bonchev–Trinajstić information content (AvgIpc) is 2.73. The lowest BCUT2D eigenvalue weighted by Crippen LogP contribution is -2.39. The minimum absolute atomic E-state index is 0.0462. The normalized spacial score (nSPS) is 18.8. The third-order valence-corrected chi connectivity index (χ3v) is 3.25. The number of carboxylic acid groups (broad SMARTS) is 1. The number of H-pyrrole nitrogens is 1. The molecule has 0 aliphatic carbocycles. The van der Waals surface area contributed by atoms with Crippen LogP contribution in [0.2, 0.25) is 0 Å². The summed E-state index contributed by atoms with van der Waals surface area (Å²) in [5.74, 6) is -1.38. The van der Waals surface area contributed by atoms with Gasteiger partial charge in [0.05, 0.1) is 31.5 Å². The minimum Gasteiger partial charge on any atom is -0.477 e. The molecule has 0 spiro atoms. The van der Waals surface area contributed by atoms with Crippen molar-refractivity contribution in [1.82, 2.24) is 10.3 Å². The number of aryl methyl sites for hydroxylation is 1. The van der Waals surface area contributed by atoms with Gasteiger partial charge in [0.2, 0.25) is 0 Å². The molecule has 1 aromatic heterocycles. The standard InChI is InChI=1S/C13H18N2O5/c1-7-10(8(2)15-11(7)13(17)18)12(16)14-5-9-6-19-3-4-20-9/h9,15H,3-6H2,1-2H3,(H,14,16)(H,17,18). The van der Waals surface area contributed by atoms with Gasteiger partial charge < -0.3 is 24.9 Å². The first-order chi connectivity index (χ1) is 9.50. The SMILES string of the molecule is Cc1[nH]c(C(=O)O)c(C)c1C(=O)NCC1COCCO1. The molecule has 0 saturated carbocycles. The Morgan fingerprint density at radius 1 is 1.40 bits per heavy atom. The molecule has 1 amide bonds. The molecule has 0 aromatic carbocycles. The van der Waals surface area contributed by atoms with Crippen LogP contribution in [-0.4, -0.2) is 54.4 Å². The Morgan fingerprint density at radius 3 is 2.70 bits per heavy atom. The van der Waals surface area contributed by atoms with E-state index in [1.54, 1.807) is 13.8 Å². The quantitative estimate of drug-likeness (QED) is 0.745. The number of aromatic nitrogens is 1. The fourth-order valence-corrected chi connectivity index (χ4v) is 2.25. The summed E-state index contributed by atoms with van der Waals surface area (Å²) in [6, 6.07) is 0. The van der Waals surface area contributed by atoms with Crippen molar-refractivity contribution in [2.45, 2.75) is 20.0 Å². The zero-order valence-corrected chi connectivity index (χ0v) is 11.5. The van der Waals surface area contributed by atoms with Crippen molar-refractivity contribution in [3.8, 4) is 0 Å². The van der Waals surface area contributed by atoms with Crippen LogP contribution in [0.4, 0.5) is 0 Å². The van der Waals surface area contributed by atoms with E-state index in [9.17, 15) is 9.59 Å². The van der Waals surface area contributed by atoms with Gasteiger partial charge in [0, 0.05) is 12.2 Å². The van der Waals surface area contributed by atoms with E-state index in [0.717, 1.165) is 0 Å². The van der Waals surface area contributed by atoms with Crippen molar-refractivity contribution in [1.29, 1.82) is 0 Å². The van der Waals surface area contributed by atoms with Crippen LogP contribution in [0.15, 0.2) is 0 Å². The van der Waals surface area contributed by atoms with Crippen LogP contribution in [0.5, 0.6) is 0 Å². The maximum absolute atomic E-state index is 12.1. The summed E-state index contributed by atoms with van der Waals surface area (Å²) < 4.78 is 10.7. The Kier molecular flexibility index (Phi) is 4.41. The second-order valence-corrected chi connectivity index (χ2v) is 4.71. The first kappa shape index (κ1) is 14.5. The number of rotatable bonds is 4. The average molecular weight is 282 g/mol. The number of carbonyl (C=O) groups is 2. The molecular formula is C13H18N2O5. The molecule has 1 aromatic rings. The zero-order valence-electron chi connectivity index (χ0n) is 11.5. The van der Waals surface area contributed by atoms with Gasteiger partial charge in [0.1, 0.15) is 5.69 Å². The van der Waals surface area contributed by atoms with E-state index < -0.39 is 5.97 Å². The number of nitrogens with one attached hydrogen (secondary N) is 2. The highest BCUT2D eigenvalue weighted by molar-refractivity contribution is 6.00. The number of hydrogen-bond acceptors (Lipinski definition) is 4. The maximum atomic E-state index is 12.1. The summed E-state index contributed by atoms with van der Waals surface area (Å²) in [5, 5.41) is 11.8. The molecule has 20 heavy (non-hydrogen) atoms. The van der Waals surface area contributed by atoms with Crippen LogP contribution in [0, 0.1) is 13.8 Å². The summed E-state index contributed by atoms with van der Waals surface area (Å²) in [7, 11) is 0. The minimum atomic E-state index is -1.08. The lowest BCUT2D eigenvalue weighted by Gasteiger charge is -2.23. The molecule has 110 valence electrons. The Morgan fingerprint density at radius 2 is 2.15 bits per heavy atom. The second kappa shape index (κ2) is 6.06. The number of carbonyl (C=O) groups excluding carboxylic acids is 1. The van der Waals surface area contributed by atoms with Crippen LogP contribution in [0.1, 0.15) is 32.1 Å². The summed E-state index contributed by atoms with van der Waals surface area (Å²) >= 11 is 0. The highest BCUT2D eigenvalue weighted by Crippen LogP contribution is 2.17. The van der Waals surface area contributed by atoms with E-state index >= 15 is 0 Å². The van der Waals surface area contributed by atoms with E-state index in [-0.39, 0.29) is 17.7 Å². The molecule has 7 heteroatoms. The molecule has 1 fully saturated rings. The Hall–Kier alpha value is -1.86. The van der Waals surface area contributed by atoms with E-state index in [1.165, 1.54) is 0 Å². The van der Waals surface area contributed by atoms with Gasteiger partial charge in [-0.3, -0.25) is 4.79 Å². The van der Waals surface area contributed by atoms with Crippen LogP contribution in [-0.2, 0) is 9.47 Å². The van der Waals surface area contributed by atoms with Crippen molar-refractivity contribution >= 4 is 11.9 Å². The summed E-state index contributed by atoms with van der Waals surface area (Å²) in [4.78, 5) is 25.9. The number of aromatic carboxylic acids is 1. The van der Waals surface area contributed by atoms with Crippen molar-refractivity contribution in [2.24, 2.45) is 0 Å². The molecule has 1 aliphatic heterocycles. The summed E-state index contributed by atoms with van der Waals surface area (Å²) in [6.07, 6.45) is -0.161. The van der Waals surface area contributed by atoms with Crippen molar-refractivity contribution in [3.05, 3.63) is 22.5 Å². The predicted molar refractivity (Wildman–Crippen MR) is 70.1 cm³/mol. The lowest BCUT2D eigenvalue weighted by atomic mass is 10.1. The largest absolute Gasteiger partial charge is 0.477 e. The maximum Gasteiger partial charge on any atom is 0.352 e. The molecular weight excluding hydrogens is 264 g/mol. The van der Waals surface area contributed by atoms with Gasteiger partial charge in [-0.1, -0.05) is 0 Å². The van der Waals surface area contributed by atoms with Crippen LogP contribution >= 0.6 is 0 Å². The molecule has 1 aliphatic rings. The van der Waals surface area contributed by atoms with Crippen LogP contribution in [0.3, 0.4) is 0 Å². The van der Waals surface area contributed by atoms with E-state index in [1.807, 2.05) is 0 Å². The van der Waals surface area contributed by atoms with E-state index in [2.05, 4.69) is 10.3 Å². The number of amides is 1. The first-order valence-electron chi connectivity index (χ1n) is 6.40. The molecule has 2 rings (SSSR count). The highest BCUT2D eigenvalue weighted by Gasteiger charge is 2.22. The van der Waals surface area contributed by atoms with Gasteiger partial charge in [-0.2, -0.15) is 0 Å². The zero-order chi connectivity index (χ0) is 14.7. The van der Waals surface area contributed by atoms with Crippen molar-refractivity contribution in [3.63, 3.8) is 0 Å². The molecule has 1 saturated heterocycles. The van der Waals surface area contributed by atoms with Gasteiger partial charge in [0.15, 0.2) is 0 Å². The van der Waals surface area contributed by atoms with Crippen molar-refractivity contribution < 1.29 is 24.2 Å². The summed E-state index contributed by atoms with van der Waals surface area (Å²) in [6.45, 7) is 5.17. The Labute approximate surface area is 116 Å². The molecule has 0 bridgehead atoms. The van der Waals surface area contributed by atoms with Crippen LogP contribution in [0.25, 0.3) is 0 Å². The number of aromatic amines is 1. The molecule has 3 N–H and O–H groups in total. The number of carboxylic acids is 1. The molecule has 1 unspecified atom stereocenters. The second-order valence-electron chi connectivity index (χ2n) is 4.71. The number of ether oxygens (including phenoxy) is 2. The van der Waals surface area contributed by atoms with Gasteiger partial charge in [-0.15, -0.1) is 0 Å². The Balaban J connectivity index is 2.03. The fraction of sp³-hybridized carbons (Fsp3) is 0.538. The smallest absolute Gasteiger partial charge is 0.352 e. The van der Waals surface area contributed by atoms with Crippen LogP contribution < -0.4 is 5.32 Å². The molecule has 2 heterocycles. The lowest BCUT2D eigenvalue weighted by molar-refractivity contribution is -0.0855. The summed E-state index contributed by atoms with van der Waals surface area (Å²) in [5.41, 5.74) is 1.40. The van der Waals surface area contributed by atoms with Gasteiger partial charge >= 0.3 is 5.97 Å².